The van der Waals surface area contributed by atoms with E-state index in [4.69, 9.17) is 11.6 Å². The molecule has 0 spiro atoms. The Morgan fingerprint density at radius 1 is 1.11 bits per heavy atom. The summed E-state index contributed by atoms with van der Waals surface area (Å²) in [6, 6.07) is 8.05. The highest BCUT2D eigenvalue weighted by Gasteiger charge is 2.10. The topological polar surface area (TPSA) is 41.1 Å². The Bertz CT molecular complexity index is 596. The minimum atomic E-state index is 0.484. The molecule has 0 saturated heterocycles. The predicted molar refractivity (Wildman–Crippen MR) is 80.6 cm³/mol. The molecule has 5 heteroatoms. The van der Waals surface area contributed by atoms with Crippen LogP contribution >= 0.6 is 11.6 Å². The van der Waals surface area contributed by atoms with E-state index < -0.39 is 0 Å². The van der Waals surface area contributed by atoms with Crippen molar-refractivity contribution >= 4 is 28.8 Å². The molecule has 0 radical (unpaired) electrons. The molecule has 0 bridgehead atoms. The van der Waals surface area contributed by atoms with Crippen LogP contribution in [0.4, 0.5) is 17.2 Å². The first-order chi connectivity index (χ1) is 8.99. The summed E-state index contributed by atoms with van der Waals surface area (Å²) in [5.41, 5.74) is 2.93. The van der Waals surface area contributed by atoms with Gasteiger partial charge in [-0.05, 0) is 26.0 Å². The number of nitrogens with zero attached hydrogens (tertiary/aromatic N) is 3. The van der Waals surface area contributed by atoms with Crippen molar-refractivity contribution in [2.24, 2.45) is 0 Å². The van der Waals surface area contributed by atoms with Crippen molar-refractivity contribution in [3.05, 3.63) is 40.8 Å². The van der Waals surface area contributed by atoms with Gasteiger partial charge in [0, 0.05) is 19.7 Å². The number of rotatable bonds is 3. The third-order valence-electron chi connectivity index (χ3n) is 2.84. The molecule has 0 amide bonds. The standard InChI is InChI=1S/C14H17ClN4/c1-9-13(15)16-10(2)17-14(9)18-11-7-5-6-8-12(11)19(3)4/h5-8H,1-4H3,(H,16,17,18). The second-order valence-corrected chi connectivity index (χ2v) is 4.93. The molecule has 1 aromatic heterocycles. The van der Waals surface area contributed by atoms with Gasteiger partial charge in [-0.1, -0.05) is 23.7 Å². The van der Waals surface area contributed by atoms with E-state index in [-0.39, 0.29) is 0 Å². The fraction of sp³-hybridized carbons (Fsp3) is 0.286. The van der Waals surface area contributed by atoms with Gasteiger partial charge < -0.3 is 10.2 Å². The molecule has 0 aliphatic heterocycles. The van der Waals surface area contributed by atoms with Crippen molar-refractivity contribution in [2.45, 2.75) is 13.8 Å². The van der Waals surface area contributed by atoms with Crippen molar-refractivity contribution in [1.29, 1.82) is 0 Å². The molecule has 2 aromatic rings. The summed E-state index contributed by atoms with van der Waals surface area (Å²) in [6.45, 7) is 3.73. The van der Waals surface area contributed by atoms with Crippen LogP contribution in [0.1, 0.15) is 11.4 Å². The summed E-state index contributed by atoms with van der Waals surface area (Å²) in [6.07, 6.45) is 0. The number of halogens is 1. The molecule has 0 unspecified atom stereocenters. The molecule has 0 aliphatic carbocycles. The third-order valence-corrected chi connectivity index (χ3v) is 3.21. The van der Waals surface area contributed by atoms with Crippen LogP contribution in [-0.2, 0) is 0 Å². The summed E-state index contributed by atoms with van der Waals surface area (Å²) >= 11 is 6.09. The number of aromatic nitrogens is 2. The highest BCUT2D eigenvalue weighted by Crippen LogP contribution is 2.29. The molecule has 19 heavy (non-hydrogen) atoms. The quantitative estimate of drug-likeness (QED) is 0.871. The molecule has 0 saturated carbocycles. The van der Waals surface area contributed by atoms with Crippen LogP contribution in [0.2, 0.25) is 5.15 Å². The highest BCUT2D eigenvalue weighted by atomic mass is 35.5. The van der Waals surface area contributed by atoms with E-state index >= 15 is 0 Å². The summed E-state index contributed by atoms with van der Waals surface area (Å²) < 4.78 is 0. The monoisotopic (exact) mass is 276 g/mol. The fourth-order valence-electron chi connectivity index (χ4n) is 1.81. The zero-order valence-corrected chi connectivity index (χ0v) is 12.3. The van der Waals surface area contributed by atoms with Gasteiger partial charge in [-0.3, -0.25) is 0 Å². The van der Waals surface area contributed by atoms with E-state index in [1.165, 1.54) is 0 Å². The molecule has 100 valence electrons. The average molecular weight is 277 g/mol. The van der Waals surface area contributed by atoms with Gasteiger partial charge in [0.25, 0.3) is 0 Å². The Labute approximate surface area is 118 Å². The number of benzene rings is 1. The predicted octanol–water partition coefficient (Wildman–Crippen LogP) is 3.56. The normalized spacial score (nSPS) is 10.4. The van der Waals surface area contributed by atoms with Gasteiger partial charge in [-0.25, -0.2) is 9.97 Å². The van der Waals surface area contributed by atoms with E-state index in [1.54, 1.807) is 0 Å². The summed E-state index contributed by atoms with van der Waals surface area (Å²) in [5.74, 6) is 1.40. The Balaban J connectivity index is 2.42. The van der Waals surface area contributed by atoms with Crippen LogP contribution in [0.25, 0.3) is 0 Å². The smallest absolute Gasteiger partial charge is 0.138 e. The average Bonchev–Trinajstić information content (AvgIpc) is 2.35. The van der Waals surface area contributed by atoms with Crippen LogP contribution < -0.4 is 10.2 Å². The number of hydrogen-bond donors (Lipinski definition) is 1. The lowest BCUT2D eigenvalue weighted by Gasteiger charge is -2.19. The van der Waals surface area contributed by atoms with Crippen molar-refractivity contribution < 1.29 is 0 Å². The number of para-hydroxylation sites is 2. The maximum absolute atomic E-state index is 6.09. The SMILES string of the molecule is Cc1nc(Cl)c(C)c(Nc2ccccc2N(C)C)n1. The minimum Gasteiger partial charge on any atom is -0.376 e. The number of anilines is 3. The molecule has 2 rings (SSSR count). The molecule has 1 N–H and O–H groups in total. The van der Waals surface area contributed by atoms with E-state index in [9.17, 15) is 0 Å². The third kappa shape index (κ3) is 2.96. The van der Waals surface area contributed by atoms with Gasteiger partial charge in [0.05, 0.1) is 11.4 Å². The van der Waals surface area contributed by atoms with Crippen LogP contribution in [0.3, 0.4) is 0 Å². The molecule has 0 atom stereocenters. The van der Waals surface area contributed by atoms with Crippen LogP contribution in [0, 0.1) is 13.8 Å². The zero-order chi connectivity index (χ0) is 14.0. The van der Waals surface area contributed by atoms with Crippen LogP contribution in [0.15, 0.2) is 24.3 Å². The molecule has 4 nitrogen and oxygen atoms in total. The first kappa shape index (κ1) is 13.6. The summed E-state index contributed by atoms with van der Waals surface area (Å²) in [7, 11) is 4.01. The van der Waals surface area contributed by atoms with E-state index in [1.807, 2.05) is 57.1 Å². The number of nitrogens with one attached hydrogen (secondary N) is 1. The first-order valence-electron chi connectivity index (χ1n) is 6.03. The molecular weight excluding hydrogens is 260 g/mol. The lowest BCUT2D eigenvalue weighted by atomic mass is 10.2. The Morgan fingerprint density at radius 2 is 1.79 bits per heavy atom. The molecule has 1 aromatic carbocycles. The van der Waals surface area contributed by atoms with Gasteiger partial charge in [0.15, 0.2) is 0 Å². The Kier molecular flexibility index (Phi) is 3.90. The molecule has 0 aliphatic rings. The fourth-order valence-corrected chi connectivity index (χ4v) is 2.02. The largest absolute Gasteiger partial charge is 0.376 e. The van der Waals surface area contributed by atoms with Crippen LogP contribution in [0.5, 0.6) is 0 Å². The van der Waals surface area contributed by atoms with Gasteiger partial charge in [0.2, 0.25) is 0 Å². The van der Waals surface area contributed by atoms with E-state index in [0.717, 1.165) is 22.8 Å². The van der Waals surface area contributed by atoms with Crippen molar-refractivity contribution in [2.75, 3.05) is 24.3 Å². The Hall–Kier alpha value is -1.81. The Morgan fingerprint density at radius 3 is 2.47 bits per heavy atom. The lowest BCUT2D eigenvalue weighted by molar-refractivity contribution is 1.03. The maximum Gasteiger partial charge on any atom is 0.138 e. The minimum absolute atomic E-state index is 0.484. The summed E-state index contributed by atoms with van der Waals surface area (Å²) in [4.78, 5) is 10.6. The molecule has 1 heterocycles. The van der Waals surface area contributed by atoms with E-state index in [2.05, 4.69) is 15.3 Å². The van der Waals surface area contributed by atoms with E-state index in [0.29, 0.717) is 11.0 Å². The van der Waals surface area contributed by atoms with Crippen LogP contribution in [-0.4, -0.2) is 24.1 Å². The van der Waals surface area contributed by atoms with Gasteiger partial charge in [0.1, 0.15) is 16.8 Å². The number of hydrogen-bond acceptors (Lipinski definition) is 4. The maximum atomic E-state index is 6.09. The van der Waals surface area contributed by atoms with Crippen molar-refractivity contribution in [3.63, 3.8) is 0 Å². The van der Waals surface area contributed by atoms with Crippen molar-refractivity contribution in [3.8, 4) is 0 Å². The zero-order valence-electron chi connectivity index (χ0n) is 11.5. The lowest BCUT2D eigenvalue weighted by Crippen LogP contribution is -2.11. The number of aryl methyl sites for hydroxylation is 1. The first-order valence-corrected chi connectivity index (χ1v) is 6.41. The molecule has 0 fully saturated rings. The van der Waals surface area contributed by atoms with Gasteiger partial charge >= 0.3 is 0 Å². The van der Waals surface area contributed by atoms with Gasteiger partial charge in [-0.2, -0.15) is 0 Å². The van der Waals surface area contributed by atoms with Crippen molar-refractivity contribution in [1.82, 2.24) is 9.97 Å². The van der Waals surface area contributed by atoms with Gasteiger partial charge in [-0.15, -0.1) is 0 Å². The summed E-state index contributed by atoms with van der Waals surface area (Å²) in [5, 5.41) is 3.81. The molecular formula is C14H17ClN4. The highest BCUT2D eigenvalue weighted by molar-refractivity contribution is 6.30. The second kappa shape index (κ2) is 5.45. The second-order valence-electron chi connectivity index (χ2n) is 4.57.